The number of amides is 1. The number of nitrogens with one attached hydrogen (secondary N) is 1. The van der Waals surface area contributed by atoms with Crippen LogP contribution in [0.4, 0.5) is 0 Å². The summed E-state index contributed by atoms with van der Waals surface area (Å²) in [6.07, 6.45) is 7.61. The highest BCUT2D eigenvalue weighted by Gasteiger charge is 2.31. The molecule has 0 atom stereocenters. The second-order valence-electron chi connectivity index (χ2n) is 5.81. The zero-order chi connectivity index (χ0) is 13.6. The molecule has 0 unspecified atom stereocenters. The minimum Gasteiger partial charge on any atom is -0.349 e. The van der Waals surface area contributed by atoms with Gasteiger partial charge >= 0.3 is 0 Å². The molecule has 3 nitrogen and oxygen atoms in total. The Balaban J connectivity index is 2.50. The maximum atomic E-state index is 12.3. The zero-order valence-corrected chi connectivity index (χ0v) is 12.3. The highest BCUT2D eigenvalue weighted by Crippen LogP contribution is 2.31. The van der Waals surface area contributed by atoms with Crippen LogP contribution in [0.5, 0.6) is 0 Å². The second kappa shape index (κ2) is 7.13. The predicted molar refractivity (Wildman–Crippen MR) is 76.2 cm³/mol. The minimum atomic E-state index is -0.182. The molecular weight excluding hydrogens is 224 g/mol. The molecule has 0 aromatic rings. The number of hydrogen-bond donors (Lipinski definition) is 2. The smallest absolute Gasteiger partial charge is 0.223 e. The van der Waals surface area contributed by atoms with E-state index in [0.717, 1.165) is 31.6 Å². The molecule has 1 saturated carbocycles. The van der Waals surface area contributed by atoms with Gasteiger partial charge in [-0.2, -0.15) is 0 Å². The Kier molecular flexibility index (Phi) is 6.13. The van der Waals surface area contributed by atoms with Gasteiger partial charge in [0.25, 0.3) is 0 Å². The molecule has 0 saturated heterocycles. The van der Waals surface area contributed by atoms with Crippen LogP contribution in [0.15, 0.2) is 0 Å². The molecule has 0 heterocycles. The number of carbonyl (C=O) groups excluding carboxylic acids is 1. The summed E-state index contributed by atoms with van der Waals surface area (Å²) in [5.74, 6) is 1.29. The fourth-order valence-corrected chi connectivity index (χ4v) is 2.96. The van der Waals surface area contributed by atoms with Crippen LogP contribution in [0.1, 0.15) is 65.7 Å². The van der Waals surface area contributed by atoms with E-state index in [1.54, 1.807) is 0 Å². The molecular formula is C15H30N2O. The van der Waals surface area contributed by atoms with Gasteiger partial charge < -0.3 is 11.1 Å². The van der Waals surface area contributed by atoms with E-state index in [4.69, 9.17) is 5.73 Å². The molecule has 0 radical (unpaired) electrons. The summed E-state index contributed by atoms with van der Waals surface area (Å²) in [4.78, 5) is 12.3. The third-order valence-electron chi connectivity index (χ3n) is 4.93. The molecule has 0 aliphatic heterocycles. The molecule has 1 aliphatic carbocycles. The molecule has 0 bridgehead atoms. The third kappa shape index (κ3) is 3.71. The van der Waals surface area contributed by atoms with Gasteiger partial charge in [0.05, 0.1) is 5.54 Å². The highest BCUT2D eigenvalue weighted by molar-refractivity contribution is 5.79. The number of carbonyl (C=O) groups is 1. The first kappa shape index (κ1) is 15.5. The maximum Gasteiger partial charge on any atom is 0.223 e. The van der Waals surface area contributed by atoms with Crippen LogP contribution in [0.2, 0.25) is 0 Å². The summed E-state index contributed by atoms with van der Waals surface area (Å²) < 4.78 is 0. The van der Waals surface area contributed by atoms with E-state index in [9.17, 15) is 4.79 Å². The van der Waals surface area contributed by atoms with Gasteiger partial charge in [-0.3, -0.25) is 4.79 Å². The molecule has 18 heavy (non-hydrogen) atoms. The molecule has 106 valence electrons. The lowest BCUT2D eigenvalue weighted by molar-refractivity contribution is -0.128. The summed E-state index contributed by atoms with van der Waals surface area (Å²) in [5.41, 5.74) is 5.65. The monoisotopic (exact) mass is 254 g/mol. The van der Waals surface area contributed by atoms with Gasteiger partial charge in [0.15, 0.2) is 0 Å². The fourth-order valence-electron chi connectivity index (χ4n) is 2.96. The van der Waals surface area contributed by atoms with Crippen molar-refractivity contribution >= 4 is 5.91 Å². The van der Waals surface area contributed by atoms with Crippen molar-refractivity contribution in [1.82, 2.24) is 5.32 Å². The van der Waals surface area contributed by atoms with Crippen molar-refractivity contribution < 1.29 is 4.79 Å². The van der Waals surface area contributed by atoms with Crippen LogP contribution in [0, 0.1) is 11.8 Å². The minimum absolute atomic E-state index is 0.182. The number of nitrogens with two attached hydrogens (primary N) is 1. The van der Waals surface area contributed by atoms with Crippen molar-refractivity contribution in [2.45, 2.75) is 71.3 Å². The van der Waals surface area contributed by atoms with E-state index in [0.29, 0.717) is 6.54 Å². The van der Waals surface area contributed by atoms with Crippen LogP contribution in [-0.2, 0) is 4.79 Å². The summed E-state index contributed by atoms with van der Waals surface area (Å²) in [7, 11) is 0. The van der Waals surface area contributed by atoms with Gasteiger partial charge in [0.1, 0.15) is 0 Å². The lowest BCUT2D eigenvalue weighted by Crippen LogP contribution is -2.54. The van der Waals surface area contributed by atoms with Gasteiger partial charge in [0, 0.05) is 12.5 Å². The summed E-state index contributed by atoms with van der Waals surface area (Å²) in [6, 6.07) is 0. The largest absolute Gasteiger partial charge is 0.349 e. The molecule has 0 aromatic carbocycles. The first-order chi connectivity index (χ1) is 8.60. The average molecular weight is 254 g/mol. The van der Waals surface area contributed by atoms with E-state index in [-0.39, 0.29) is 17.4 Å². The Morgan fingerprint density at radius 2 is 1.72 bits per heavy atom. The van der Waals surface area contributed by atoms with E-state index in [1.165, 1.54) is 19.3 Å². The first-order valence-electron chi connectivity index (χ1n) is 7.62. The van der Waals surface area contributed by atoms with Gasteiger partial charge in [-0.25, -0.2) is 0 Å². The SMILES string of the molecule is CCC1CCC(C(=O)NC(CC)(CC)CN)CC1. The van der Waals surface area contributed by atoms with Crippen molar-refractivity contribution in [2.75, 3.05) is 6.54 Å². The Labute approximate surface area is 112 Å². The van der Waals surface area contributed by atoms with Crippen molar-refractivity contribution in [3.8, 4) is 0 Å². The normalized spacial score (nSPS) is 24.9. The molecule has 3 heteroatoms. The van der Waals surface area contributed by atoms with Crippen LogP contribution in [0.3, 0.4) is 0 Å². The Hall–Kier alpha value is -0.570. The Morgan fingerprint density at radius 3 is 2.11 bits per heavy atom. The lowest BCUT2D eigenvalue weighted by atomic mass is 9.80. The number of hydrogen-bond acceptors (Lipinski definition) is 2. The van der Waals surface area contributed by atoms with E-state index in [2.05, 4.69) is 26.1 Å². The van der Waals surface area contributed by atoms with Crippen LogP contribution in [-0.4, -0.2) is 18.0 Å². The first-order valence-corrected chi connectivity index (χ1v) is 7.62. The van der Waals surface area contributed by atoms with Crippen molar-refractivity contribution in [1.29, 1.82) is 0 Å². The molecule has 1 aliphatic rings. The molecule has 0 spiro atoms. The second-order valence-corrected chi connectivity index (χ2v) is 5.81. The van der Waals surface area contributed by atoms with E-state index < -0.39 is 0 Å². The topological polar surface area (TPSA) is 55.1 Å². The van der Waals surface area contributed by atoms with Crippen LogP contribution < -0.4 is 11.1 Å². The quantitative estimate of drug-likeness (QED) is 0.766. The standard InChI is InChI=1S/C15H30N2O/c1-4-12-7-9-13(10-8-12)14(18)17-15(5-2,6-3)11-16/h12-13H,4-11,16H2,1-3H3,(H,17,18). The van der Waals surface area contributed by atoms with Gasteiger partial charge in [-0.1, -0.05) is 27.2 Å². The molecule has 1 amide bonds. The van der Waals surface area contributed by atoms with Crippen molar-refractivity contribution in [3.63, 3.8) is 0 Å². The summed E-state index contributed by atoms with van der Waals surface area (Å²) >= 11 is 0. The van der Waals surface area contributed by atoms with Gasteiger partial charge in [-0.15, -0.1) is 0 Å². The van der Waals surface area contributed by atoms with E-state index in [1.807, 2.05) is 0 Å². The zero-order valence-electron chi connectivity index (χ0n) is 12.3. The lowest BCUT2D eigenvalue weighted by Gasteiger charge is -2.35. The Bertz CT molecular complexity index is 245. The molecule has 0 aromatic heterocycles. The summed E-state index contributed by atoms with van der Waals surface area (Å²) in [6.45, 7) is 6.99. The maximum absolute atomic E-state index is 12.3. The Morgan fingerprint density at radius 1 is 1.17 bits per heavy atom. The fraction of sp³-hybridized carbons (Fsp3) is 0.933. The molecule has 1 fully saturated rings. The third-order valence-corrected chi connectivity index (χ3v) is 4.93. The van der Waals surface area contributed by atoms with Crippen LogP contribution in [0.25, 0.3) is 0 Å². The predicted octanol–water partition coefficient (Wildman–Crippen LogP) is 2.84. The number of rotatable bonds is 6. The van der Waals surface area contributed by atoms with Crippen molar-refractivity contribution in [2.24, 2.45) is 17.6 Å². The summed E-state index contributed by atoms with van der Waals surface area (Å²) in [5, 5.41) is 3.22. The van der Waals surface area contributed by atoms with Crippen molar-refractivity contribution in [3.05, 3.63) is 0 Å². The van der Waals surface area contributed by atoms with E-state index >= 15 is 0 Å². The average Bonchev–Trinajstić information content (AvgIpc) is 2.45. The van der Waals surface area contributed by atoms with Gasteiger partial charge in [-0.05, 0) is 44.4 Å². The molecule has 1 rings (SSSR count). The molecule has 3 N–H and O–H groups in total. The highest BCUT2D eigenvalue weighted by atomic mass is 16.2. The van der Waals surface area contributed by atoms with Gasteiger partial charge in [0.2, 0.25) is 5.91 Å². The van der Waals surface area contributed by atoms with Crippen LogP contribution >= 0.6 is 0 Å².